The first kappa shape index (κ1) is 13.5. The van der Waals surface area contributed by atoms with Crippen molar-refractivity contribution in [3.63, 3.8) is 0 Å². The minimum atomic E-state index is -4.43. The summed E-state index contributed by atoms with van der Waals surface area (Å²) in [6.45, 7) is 0.927. The highest BCUT2D eigenvalue weighted by molar-refractivity contribution is 5.94. The molecular formula is C11H13F3N2O. The second kappa shape index (κ2) is 5.67. The molecule has 0 fully saturated rings. The Morgan fingerprint density at radius 2 is 2.00 bits per heavy atom. The third-order valence-electron chi connectivity index (χ3n) is 2.11. The van der Waals surface area contributed by atoms with Crippen LogP contribution in [-0.4, -0.2) is 26.0 Å². The molecule has 1 rings (SSSR count). The molecule has 17 heavy (non-hydrogen) atoms. The Hall–Kier alpha value is -1.56. The molecule has 0 atom stereocenters. The van der Waals surface area contributed by atoms with Crippen molar-refractivity contribution >= 4 is 5.91 Å². The molecule has 0 aliphatic carbocycles. The number of benzene rings is 1. The number of likely N-dealkylation sites (N-methyl/N-ethyl adjacent to an activating group) is 1. The largest absolute Gasteiger partial charge is 0.416 e. The van der Waals surface area contributed by atoms with Crippen LogP contribution in [0.5, 0.6) is 0 Å². The fourth-order valence-electron chi connectivity index (χ4n) is 1.24. The molecule has 1 amide bonds. The van der Waals surface area contributed by atoms with Crippen molar-refractivity contribution in [2.75, 3.05) is 20.1 Å². The zero-order valence-electron chi connectivity index (χ0n) is 9.27. The zero-order chi connectivity index (χ0) is 12.9. The van der Waals surface area contributed by atoms with Gasteiger partial charge in [-0.1, -0.05) is 6.07 Å². The Bertz CT molecular complexity index is 391. The van der Waals surface area contributed by atoms with Crippen LogP contribution in [0.2, 0.25) is 0 Å². The van der Waals surface area contributed by atoms with Crippen molar-refractivity contribution < 1.29 is 18.0 Å². The van der Waals surface area contributed by atoms with Crippen LogP contribution < -0.4 is 10.6 Å². The molecule has 0 spiro atoms. The van der Waals surface area contributed by atoms with Gasteiger partial charge in [-0.3, -0.25) is 4.79 Å². The predicted octanol–water partition coefficient (Wildman–Crippen LogP) is 1.65. The molecule has 0 aliphatic rings. The van der Waals surface area contributed by atoms with E-state index < -0.39 is 17.6 Å². The van der Waals surface area contributed by atoms with Gasteiger partial charge in [-0.15, -0.1) is 0 Å². The van der Waals surface area contributed by atoms with Crippen LogP contribution in [-0.2, 0) is 6.18 Å². The number of alkyl halides is 3. The van der Waals surface area contributed by atoms with Crippen LogP contribution in [0, 0.1) is 0 Å². The lowest BCUT2D eigenvalue weighted by molar-refractivity contribution is -0.137. The first-order valence-electron chi connectivity index (χ1n) is 5.05. The van der Waals surface area contributed by atoms with E-state index in [4.69, 9.17) is 0 Å². The highest BCUT2D eigenvalue weighted by Crippen LogP contribution is 2.29. The lowest BCUT2D eigenvalue weighted by Crippen LogP contribution is -2.30. The molecule has 6 heteroatoms. The SMILES string of the molecule is CNCCNC(=O)c1cccc(C(F)(F)F)c1. The fraction of sp³-hybridized carbons (Fsp3) is 0.364. The van der Waals surface area contributed by atoms with Crippen molar-refractivity contribution in [3.8, 4) is 0 Å². The molecule has 0 aromatic heterocycles. The summed E-state index contributed by atoms with van der Waals surface area (Å²) >= 11 is 0. The Labute approximate surface area is 97.0 Å². The summed E-state index contributed by atoms with van der Waals surface area (Å²) in [5, 5.41) is 5.33. The Balaban J connectivity index is 2.74. The van der Waals surface area contributed by atoms with Crippen molar-refractivity contribution in [2.24, 2.45) is 0 Å². The third-order valence-corrected chi connectivity index (χ3v) is 2.11. The quantitative estimate of drug-likeness (QED) is 0.793. The van der Waals surface area contributed by atoms with E-state index in [-0.39, 0.29) is 5.56 Å². The first-order chi connectivity index (χ1) is 7.95. The Morgan fingerprint density at radius 1 is 1.29 bits per heavy atom. The van der Waals surface area contributed by atoms with Crippen molar-refractivity contribution in [1.82, 2.24) is 10.6 Å². The lowest BCUT2D eigenvalue weighted by Gasteiger charge is -2.09. The molecule has 0 saturated heterocycles. The second-order valence-corrected chi connectivity index (χ2v) is 3.44. The first-order valence-corrected chi connectivity index (χ1v) is 5.05. The summed E-state index contributed by atoms with van der Waals surface area (Å²) in [4.78, 5) is 11.5. The number of carbonyl (C=O) groups excluding carboxylic acids is 1. The summed E-state index contributed by atoms with van der Waals surface area (Å²) in [5.41, 5.74) is -0.810. The van der Waals surface area contributed by atoms with E-state index >= 15 is 0 Å². The van der Waals surface area contributed by atoms with Gasteiger partial charge in [0.25, 0.3) is 5.91 Å². The van der Waals surface area contributed by atoms with Crippen LogP contribution in [0.25, 0.3) is 0 Å². The van der Waals surface area contributed by atoms with Crippen LogP contribution in [0.1, 0.15) is 15.9 Å². The molecule has 2 N–H and O–H groups in total. The lowest BCUT2D eigenvalue weighted by atomic mass is 10.1. The maximum absolute atomic E-state index is 12.4. The van der Waals surface area contributed by atoms with Gasteiger partial charge in [-0.05, 0) is 25.2 Å². The Morgan fingerprint density at radius 3 is 2.59 bits per heavy atom. The molecule has 3 nitrogen and oxygen atoms in total. The number of carbonyl (C=O) groups is 1. The molecular weight excluding hydrogens is 233 g/mol. The predicted molar refractivity (Wildman–Crippen MR) is 57.7 cm³/mol. The number of amides is 1. The van der Waals surface area contributed by atoms with Crippen LogP contribution in [0.4, 0.5) is 13.2 Å². The van der Waals surface area contributed by atoms with Crippen molar-refractivity contribution in [2.45, 2.75) is 6.18 Å². The fourth-order valence-corrected chi connectivity index (χ4v) is 1.24. The molecule has 94 valence electrons. The summed E-state index contributed by atoms with van der Waals surface area (Å²) in [6.07, 6.45) is -4.43. The van der Waals surface area contributed by atoms with Gasteiger partial charge in [0.05, 0.1) is 5.56 Å². The van der Waals surface area contributed by atoms with Crippen molar-refractivity contribution in [1.29, 1.82) is 0 Å². The number of hydrogen-bond acceptors (Lipinski definition) is 2. The standard InChI is InChI=1S/C11H13F3N2O/c1-15-5-6-16-10(17)8-3-2-4-9(7-8)11(12,13)14/h2-4,7,15H,5-6H2,1H3,(H,16,17). The van der Waals surface area contributed by atoms with Gasteiger partial charge in [0.2, 0.25) is 0 Å². The number of rotatable bonds is 4. The second-order valence-electron chi connectivity index (χ2n) is 3.44. The van der Waals surface area contributed by atoms with Gasteiger partial charge in [-0.2, -0.15) is 13.2 Å². The van der Waals surface area contributed by atoms with E-state index in [1.165, 1.54) is 12.1 Å². The van der Waals surface area contributed by atoms with Gasteiger partial charge >= 0.3 is 6.18 Å². The highest BCUT2D eigenvalue weighted by Gasteiger charge is 2.30. The molecule has 0 saturated carbocycles. The topological polar surface area (TPSA) is 41.1 Å². The molecule has 0 bridgehead atoms. The highest BCUT2D eigenvalue weighted by atomic mass is 19.4. The number of nitrogens with one attached hydrogen (secondary N) is 2. The Kier molecular flexibility index (Phi) is 4.51. The molecule has 0 aliphatic heterocycles. The van der Waals surface area contributed by atoms with Crippen molar-refractivity contribution in [3.05, 3.63) is 35.4 Å². The summed E-state index contributed by atoms with van der Waals surface area (Å²) in [7, 11) is 1.72. The maximum Gasteiger partial charge on any atom is 0.416 e. The summed E-state index contributed by atoms with van der Waals surface area (Å²) in [5.74, 6) is -0.508. The monoisotopic (exact) mass is 246 g/mol. The summed E-state index contributed by atoms with van der Waals surface area (Å²) < 4.78 is 37.2. The molecule has 1 aromatic carbocycles. The minimum Gasteiger partial charge on any atom is -0.351 e. The van der Waals surface area contributed by atoms with Crippen LogP contribution >= 0.6 is 0 Å². The van der Waals surface area contributed by atoms with Crippen LogP contribution in [0.15, 0.2) is 24.3 Å². The van der Waals surface area contributed by atoms with Gasteiger partial charge in [-0.25, -0.2) is 0 Å². The van der Waals surface area contributed by atoms with E-state index in [1.807, 2.05) is 0 Å². The van der Waals surface area contributed by atoms with Gasteiger partial charge in [0, 0.05) is 18.7 Å². The van der Waals surface area contributed by atoms with E-state index in [1.54, 1.807) is 7.05 Å². The van der Waals surface area contributed by atoms with Crippen LogP contribution in [0.3, 0.4) is 0 Å². The van der Waals surface area contributed by atoms with Gasteiger partial charge in [0.15, 0.2) is 0 Å². The number of halogens is 3. The zero-order valence-corrected chi connectivity index (χ0v) is 9.27. The minimum absolute atomic E-state index is 0.0101. The average Bonchev–Trinajstić information content (AvgIpc) is 2.28. The van der Waals surface area contributed by atoms with E-state index in [0.717, 1.165) is 12.1 Å². The molecule has 0 radical (unpaired) electrons. The number of hydrogen-bond donors (Lipinski definition) is 2. The maximum atomic E-state index is 12.4. The summed E-state index contributed by atoms with van der Waals surface area (Å²) in [6, 6.07) is 4.35. The average molecular weight is 246 g/mol. The third kappa shape index (κ3) is 4.07. The molecule has 0 unspecified atom stereocenters. The van der Waals surface area contributed by atoms with E-state index in [2.05, 4.69) is 10.6 Å². The smallest absolute Gasteiger partial charge is 0.351 e. The van der Waals surface area contributed by atoms with E-state index in [9.17, 15) is 18.0 Å². The van der Waals surface area contributed by atoms with E-state index in [0.29, 0.717) is 13.1 Å². The van der Waals surface area contributed by atoms with Gasteiger partial charge in [0.1, 0.15) is 0 Å². The van der Waals surface area contributed by atoms with Gasteiger partial charge < -0.3 is 10.6 Å². The normalized spacial score (nSPS) is 11.3. The molecule has 1 aromatic rings. The molecule has 0 heterocycles.